The Morgan fingerprint density at radius 2 is 2.00 bits per heavy atom. The number of carbonyl (C=O) groups excluding carboxylic acids is 1. The fourth-order valence-corrected chi connectivity index (χ4v) is 2.63. The summed E-state index contributed by atoms with van der Waals surface area (Å²) in [6.07, 6.45) is 2.00. The van der Waals surface area contributed by atoms with Crippen LogP contribution in [0.25, 0.3) is 0 Å². The van der Waals surface area contributed by atoms with Gasteiger partial charge in [-0.05, 0) is 24.2 Å². The molecule has 0 aromatic rings. The van der Waals surface area contributed by atoms with Gasteiger partial charge in [-0.25, -0.2) is 4.79 Å². The Balaban J connectivity index is 2.60. The second-order valence-corrected chi connectivity index (χ2v) is 7.31. The second kappa shape index (κ2) is 6.67. The molecule has 1 fully saturated rings. The Kier molecular flexibility index (Phi) is 5.65. The third-order valence-electron chi connectivity index (χ3n) is 5.08. The molecule has 1 rings (SSSR count). The van der Waals surface area contributed by atoms with Crippen LogP contribution < -0.4 is 5.32 Å². The molecule has 2 amide bonds. The molecule has 1 heterocycles. The Bertz CT molecular complexity index is 393. The number of carboxylic acids is 1. The lowest BCUT2D eigenvalue weighted by atomic mass is 9.81. The van der Waals surface area contributed by atoms with Crippen LogP contribution >= 0.6 is 0 Å². The first-order valence-corrected chi connectivity index (χ1v) is 7.91. The first-order chi connectivity index (χ1) is 9.64. The second-order valence-electron chi connectivity index (χ2n) is 7.31. The number of urea groups is 1. The van der Waals surface area contributed by atoms with E-state index in [1.807, 2.05) is 6.92 Å². The summed E-state index contributed by atoms with van der Waals surface area (Å²) in [5.41, 5.74) is -0.720. The molecule has 0 saturated carbocycles. The summed E-state index contributed by atoms with van der Waals surface area (Å²) in [6.45, 7) is 12.0. The largest absolute Gasteiger partial charge is 0.481 e. The average Bonchev–Trinajstić information content (AvgIpc) is 2.82. The SMILES string of the molecule is CCCC1(C(=O)O)CCN(C(=O)NCC(C)(C)C(C)C)C1. The van der Waals surface area contributed by atoms with Gasteiger partial charge in [0, 0.05) is 19.6 Å². The molecule has 0 aromatic carbocycles. The highest BCUT2D eigenvalue weighted by Gasteiger charge is 2.45. The summed E-state index contributed by atoms with van der Waals surface area (Å²) in [5, 5.41) is 12.4. The molecule has 2 N–H and O–H groups in total. The Hall–Kier alpha value is -1.26. The van der Waals surface area contributed by atoms with Gasteiger partial charge in [0.05, 0.1) is 5.41 Å². The standard InChI is InChI=1S/C16H30N2O3/c1-6-7-16(13(19)20)8-9-18(11-16)14(21)17-10-15(4,5)12(2)3/h12H,6-11H2,1-5H3,(H,17,21)(H,19,20). The minimum Gasteiger partial charge on any atom is -0.481 e. The van der Waals surface area contributed by atoms with Crippen LogP contribution in [0.1, 0.15) is 53.9 Å². The van der Waals surface area contributed by atoms with Gasteiger partial charge in [-0.2, -0.15) is 0 Å². The van der Waals surface area contributed by atoms with Crippen LogP contribution in [0.15, 0.2) is 0 Å². The summed E-state index contributed by atoms with van der Waals surface area (Å²) in [7, 11) is 0. The number of amides is 2. The molecule has 0 aromatic heterocycles. The van der Waals surface area contributed by atoms with Crippen molar-refractivity contribution < 1.29 is 14.7 Å². The highest BCUT2D eigenvalue weighted by Crippen LogP contribution is 2.35. The Labute approximate surface area is 128 Å². The van der Waals surface area contributed by atoms with E-state index in [4.69, 9.17) is 0 Å². The number of hydrogen-bond acceptors (Lipinski definition) is 2. The molecule has 0 spiro atoms. The van der Waals surface area contributed by atoms with Crippen molar-refractivity contribution in [2.45, 2.75) is 53.9 Å². The van der Waals surface area contributed by atoms with E-state index >= 15 is 0 Å². The van der Waals surface area contributed by atoms with E-state index in [0.29, 0.717) is 38.4 Å². The van der Waals surface area contributed by atoms with Crippen molar-refractivity contribution in [3.63, 3.8) is 0 Å². The van der Waals surface area contributed by atoms with E-state index in [-0.39, 0.29) is 11.4 Å². The summed E-state index contributed by atoms with van der Waals surface area (Å²) in [5.74, 6) is -0.309. The quantitative estimate of drug-likeness (QED) is 0.792. The maximum atomic E-state index is 12.3. The number of hydrogen-bond donors (Lipinski definition) is 2. The first-order valence-electron chi connectivity index (χ1n) is 7.91. The van der Waals surface area contributed by atoms with Gasteiger partial charge in [0.2, 0.25) is 0 Å². The van der Waals surface area contributed by atoms with Crippen LogP contribution in [0.4, 0.5) is 4.79 Å². The molecule has 1 aliphatic heterocycles. The Morgan fingerprint density at radius 1 is 1.38 bits per heavy atom. The molecular formula is C16H30N2O3. The van der Waals surface area contributed by atoms with E-state index in [1.54, 1.807) is 4.90 Å². The van der Waals surface area contributed by atoms with Gasteiger partial charge in [-0.1, -0.05) is 41.0 Å². The van der Waals surface area contributed by atoms with Gasteiger partial charge in [0.1, 0.15) is 0 Å². The molecule has 122 valence electrons. The van der Waals surface area contributed by atoms with Crippen LogP contribution in [0.2, 0.25) is 0 Å². The number of carbonyl (C=O) groups is 2. The smallest absolute Gasteiger partial charge is 0.317 e. The summed E-state index contributed by atoms with van der Waals surface area (Å²) < 4.78 is 0. The number of nitrogens with one attached hydrogen (secondary N) is 1. The van der Waals surface area contributed by atoms with E-state index in [0.717, 1.165) is 6.42 Å². The first kappa shape index (κ1) is 17.8. The topological polar surface area (TPSA) is 69.6 Å². The van der Waals surface area contributed by atoms with Gasteiger partial charge in [0.25, 0.3) is 0 Å². The zero-order valence-electron chi connectivity index (χ0n) is 14.0. The molecule has 21 heavy (non-hydrogen) atoms. The lowest BCUT2D eigenvalue weighted by molar-refractivity contribution is -0.148. The van der Waals surface area contributed by atoms with E-state index < -0.39 is 11.4 Å². The third-order valence-corrected chi connectivity index (χ3v) is 5.08. The van der Waals surface area contributed by atoms with Crippen molar-refractivity contribution in [3.8, 4) is 0 Å². The number of carboxylic acid groups (broad SMARTS) is 1. The Morgan fingerprint density at radius 3 is 2.48 bits per heavy atom. The van der Waals surface area contributed by atoms with Gasteiger partial charge < -0.3 is 15.3 Å². The van der Waals surface area contributed by atoms with Crippen LogP contribution in [-0.2, 0) is 4.79 Å². The highest BCUT2D eigenvalue weighted by atomic mass is 16.4. The number of likely N-dealkylation sites (tertiary alicyclic amines) is 1. The molecule has 1 atom stereocenters. The minimum absolute atomic E-state index is 0.0304. The van der Waals surface area contributed by atoms with Crippen LogP contribution in [0, 0.1) is 16.7 Å². The maximum absolute atomic E-state index is 12.3. The fraction of sp³-hybridized carbons (Fsp3) is 0.875. The van der Waals surface area contributed by atoms with Crippen LogP contribution in [0.3, 0.4) is 0 Å². The molecule has 1 saturated heterocycles. The van der Waals surface area contributed by atoms with Crippen LogP contribution in [-0.4, -0.2) is 41.6 Å². The van der Waals surface area contributed by atoms with Gasteiger partial charge in [0.15, 0.2) is 0 Å². The van der Waals surface area contributed by atoms with Crippen molar-refractivity contribution >= 4 is 12.0 Å². The van der Waals surface area contributed by atoms with E-state index in [9.17, 15) is 14.7 Å². The molecule has 5 nitrogen and oxygen atoms in total. The van der Waals surface area contributed by atoms with Crippen molar-refractivity contribution in [1.82, 2.24) is 10.2 Å². The van der Waals surface area contributed by atoms with Gasteiger partial charge in [-0.15, -0.1) is 0 Å². The molecule has 0 aliphatic carbocycles. The van der Waals surface area contributed by atoms with Crippen molar-refractivity contribution in [2.75, 3.05) is 19.6 Å². The maximum Gasteiger partial charge on any atom is 0.317 e. The lowest BCUT2D eigenvalue weighted by Crippen LogP contribution is -2.45. The van der Waals surface area contributed by atoms with E-state index in [1.165, 1.54) is 0 Å². The minimum atomic E-state index is -0.776. The van der Waals surface area contributed by atoms with Crippen molar-refractivity contribution in [3.05, 3.63) is 0 Å². The fourth-order valence-electron chi connectivity index (χ4n) is 2.63. The highest BCUT2D eigenvalue weighted by molar-refractivity contribution is 5.79. The molecule has 0 bridgehead atoms. The number of nitrogens with zero attached hydrogens (tertiary/aromatic N) is 1. The van der Waals surface area contributed by atoms with Crippen LogP contribution in [0.5, 0.6) is 0 Å². The predicted octanol–water partition coefficient (Wildman–Crippen LogP) is 2.96. The molecule has 1 aliphatic rings. The lowest BCUT2D eigenvalue weighted by Gasteiger charge is -2.31. The monoisotopic (exact) mass is 298 g/mol. The zero-order valence-corrected chi connectivity index (χ0v) is 14.0. The number of rotatable bonds is 6. The van der Waals surface area contributed by atoms with Gasteiger partial charge in [-0.3, -0.25) is 4.79 Å². The molecule has 0 radical (unpaired) electrons. The third kappa shape index (κ3) is 4.11. The predicted molar refractivity (Wildman–Crippen MR) is 83.2 cm³/mol. The normalized spacial score (nSPS) is 22.7. The molecule has 1 unspecified atom stereocenters. The average molecular weight is 298 g/mol. The molecular weight excluding hydrogens is 268 g/mol. The summed E-state index contributed by atoms with van der Waals surface area (Å²) >= 11 is 0. The number of aliphatic carboxylic acids is 1. The molecule has 5 heteroatoms. The van der Waals surface area contributed by atoms with Gasteiger partial charge >= 0.3 is 12.0 Å². The zero-order chi connectivity index (χ0) is 16.3. The summed E-state index contributed by atoms with van der Waals surface area (Å²) in [6, 6.07) is -0.136. The summed E-state index contributed by atoms with van der Waals surface area (Å²) in [4.78, 5) is 25.4. The van der Waals surface area contributed by atoms with Crippen molar-refractivity contribution in [1.29, 1.82) is 0 Å². The van der Waals surface area contributed by atoms with E-state index in [2.05, 4.69) is 33.0 Å². The van der Waals surface area contributed by atoms with Crippen molar-refractivity contribution in [2.24, 2.45) is 16.7 Å².